The Hall–Kier alpha value is -3.73. The Balaban J connectivity index is 1.82. The van der Waals surface area contributed by atoms with Crippen molar-refractivity contribution in [2.24, 2.45) is 0 Å². The Morgan fingerprint density at radius 1 is 1.06 bits per heavy atom. The number of hydrogen-bond acceptors (Lipinski definition) is 5. The van der Waals surface area contributed by atoms with Crippen molar-refractivity contribution in [3.63, 3.8) is 0 Å². The van der Waals surface area contributed by atoms with Gasteiger partial charge in [-0.05, 0) is 49.1 Å². The van der Waals surface area contributed by atoms with Gasteiger partial charge in [0.2, 0.25) is 10.0 Å². The van der Waals surface area contributed by atoms with Crippen molar-refractivity contribution in [1.29, 1.82) is 0 Å². The highest BCUT2D eigenvalue weighted by molar-refractivity contribution is 7.92. The van der Waals surface area contributed by atoms with E-state index in [1.807, 2.05) is 6.92 Å². The number of unbranched alkanes of at least 4 members (excludes halogenated alkanes) is 1. The second kappa shape index (κ2) is 10.5. The summed E-state index contributed by atoms with van der Waals surface area (Å²) in [7, 11) is -3.44. The molecule has 0 bridgehead atoms. The third-order valence-electron chi connectivity index (χ3n) is 6.07. The number of benzene rings is 2. The molecule has 1 atom stereocenters. The summed E-state index contributed by atoms with van der Waals surface area (Å²) in [4.78, 5) is 35.0. The maximum Gasteiger partial charge on any atom is 0.330 e. The molecule has 9 nitrogen and oxygen atoms in total. The Bertz CT molecular complexity index is 1590. The van der Waals surface area contributed by atoms with Gasteiger partial charge in [-0.25, -0.2) is 22.6 Å². The van der Waals surface area contributed by atoms with Crippen LogP contribution in [0.3, 0.4) is 0 Å². The Morgan fingerprint density at radius 3 is 2.44 bits per heavy atom. The Labute approximate surface area is 207 Å². The summed E-state index contributed by atoms with van der Waals surface area (Å²) in [5.74, 6) is -0.529. The first-order chi connectivity index (χ1) is 17.2. The quantitative estimate of drug-likeness (QED) is 0.299. The van der Waals surface area contributed by atoms with E-state index in [1.54, 1.807) is 49.4 Å². The zero-order valence-electron chi connectivity index (χ0n) is 20.0. The van der Waals surface area contributed by atoms with E-state index in [1.165, 1.54) is 10.6 Å². The van der Waals surface area contributed by atoms with Crippen LogP contribution in [0.25, 0.3) is 11.2 Å². The molecule has 2 aromatic carbocycles. The second-order valence-electron chi connectivity index (χ2n) is 8.56. The number of aromatic amines is 2. The van der Waals surface area contributed by atoms with E-state index in [0.717, 1.165) is 18.4 Å². The number of nitrogens with one attached hydrogen (secondary N) is 3. The van der Waals surface area contributed by atoms with Gasteiger partial charge in [0, 0.05) is 18.2 Å². The number of anilines is 1. The van der Waals surface area contributed by atoms with Gasteiger partial charge in [0.25, 0.3) is 5.56 Å². The number of hydrogen-bond donors (Lipinski definition) is 3. The van der Waals surface area contributed by atoms with Gasteiger partial charge in [0.15, 0.2) is 5.65 Å². The zero-order valence-corrected chi connectivity index (χ0v) is 20.9. The number of rotatable bonds is 10. The maximum absolute atomic E-state index is 14.6. The highest BCUT2D eigenvalue weighted by atomic mass is 32.2. The molecular formula is C25H28FN5O4S. The highest BCUT2D eigenvalue weighted by Crippen LogP contribution is 2.30. The summed E-state index contributed by atoms with van der Waals surface area (Å²) in [6.07, 6.45) is 1.81. The minimum Gasteiger partial charge on any atom is -0.336 e. The summed E-state index contributed by atoms with van der Waals surface area (Å²) in [5, 5.41) is 0. The molecule has 0 aliphatic heterocycles. The molecule has 0 amide bonds. The monoisotopic (exact) mass is 513 g/mol. The number of sulfonamides is 1. The molecule has 0 aliphatic rings. The minimum absolute atomic E-state index is 0.0576. The summed E-state index contributed by atoms with van der Waals surface area (Å²) in [6, 6.07) is 13.1. The van der Waals surface area contributed by atoms with Crippen LogP contribution >= 0.6 is 0 Å². The number of imidazole rings is 1. The van der Waals surface area contributed by atoms with Crippen LogP contribution in [0.4, 0.5) is 10.1 Å². The van der Waals surface area contributed by atoms with Gasteiger partial charge in [-0.1, -0.05) is 43.7 Å². The number of nitrogens with zero attached hydrogens (tertiary/aromatic N) is 2. The van der Waals surface area contributed by atoms with Crippen molar-refractivity contribution in [2.75, 3.05) is 10.5 Å². The van der Waals surface area contributed by atoms with Crippen molar-refractivity contribution in [3.8, 4) is 0 Å². The fourth-order valence-corrected chi connectivity index (χ4v) is 4.68. The number of halogens is 1. The first-order valence-electron chi connectivity index (χ1n) is 11.8. The first kappa shape index (κ1) is 25.4. The standard InChI is InChI=1S/C25H28FN5O4S/c1-3-5-14-31-23-21(24(32)29-25(31)33)27-22(28-23)19(15-17-8-6-7-9-20(17)26)16-10-12-18(13-11-16)30-36(34,35)4-2/h6-13,19,30H,3-5,14-15H2,1-2H3,(H,27,28)(H,29,32,33). The van der Waals surface area contributed by atoms with Gasteiger partial charge in [-0.2, -0.15) is 0 Å². The number of aryl methyl sites for hydroxylation is 1. The van der Waals surface area contributed by atoms with Crippen LogP contribution in [-0.2, 0) is 23.0 Å². The van der Waals surface area contributed by atoms with Crippen molar-refractivity contribution < 1.29 is 12.8 Å². The third kappa shape index (κ3) is 5.40. The predicted octanol–water partition coefficient (Wildman–Crippen LogP) is 3.49. The van der Waals surface area contributed by atoms with E-state index in [2.05, 4.69) is 19.7 Å². The molecule has 2 heterocycles. The predicted molar refractivity (Wildman–Crippen MR) is 137 cm³/mol. The molecule has 0 aliphatic carbocycles. The van der Waals surface area contributed by atoms with Crippen LogP contribution in [0.15, 0.2) is 58.1 Å². The molecule has 1 unspecified atom stereocenters. The van der Waals surface area contributed by atoms with Crippen molar-refractivity contribution >= 4 is 26.9 Å². The van der Waals surface area contributed by atoms with Crippen LogP contribution < -0.4 is 16.0 Å². The largest absolute Gasteiger partial charge is 0.336 e. The van der Waals surface area contributed by atoms with E-state index in [0.29, 0.717) is 23.6 Å². The summed E-state index contributed by atoms with van der Waals surface area (Å²) in [5.41, 5.74) is 0.906. The lowest BCUT2D eigenvalue weighted by Crippen LogP contribution is -2.30. The van der Waals surface area contributed by atoms with Crippen LogP contribution in [0.2, 0.25) is 0 Å². The molecule has 11 heteroatoms. The fraction of sp³-hybridized carbons (Fsp3) is 0.320. The molecule has 4 rings (SSSR count). The molecule has 3 N–H and O–H groups in total. The number of H-pyrrole nitrogens is 2. The molecule has 0 radical (unpaired) electrons. The Morgan fingerprint density at radius 2 is 1.78 bits per heavy atom. The summed E-state index contributed by atoms with van der Waals surface area (Å²) in [6.45, 7) is 3.94. The lowest BCUT2D eigenvalue weighted by molar-refractivity contribution is 0.597. The van der Waals surface area contributed by atoms with E-state index < -0.39 is 27.2 Å². The lowest BCUT2D eigenvalue weighted by Gasteiger charge is -2.17. The minimum atomic E-state index is -3.44. The average molecular weight is 514 g/mol. The molecule has 36 heavy (non-hydrogen) atoms. The molecular weight excluding hydrogens is 485 g/mol. The van der Waals surface area contributed by atoms with Crippen LogP contribution in [-0.4, -0.2) is 33.7 Å². The van der Waals surface area contributed by atoms with Gasteiger partial charge < -0.3 is 4.98 Å². The molecule has 0 saturated carbocycles. The van der Waals surface area contributed by atoms with Crippen molar-refractivity contribution in [3.05, 3.63) is 92.1 Å². The zero-order chi connectivity index (χ0) is 25.9. The number of aromatic nitrogens is 4. The molecule has 190 valence electrons. The highest BCUT2D eigenvalue weighted by Gasteiger charge is 2.23. The lowest BCUT2D eigenvalue weighted by atomic mass is 9.91. The number of fused-ring (bicyclic) bond motifs is 1. The maximum atomic E-state index is 14.6. The van der Waals surface area contributed by atoms with Gasteiger partial charge in [0.05, 0.1) is 5.75 Å². The van der Waals surface area contributed by atoms with Gasteiger partial charge in [-0.3, -0.25) is 19.1 Å². The van der Waals surface area contributed by atoms with Crippen LogP contribution in [0.1, 0.15) is 49.6 Å². The average Bonchev–Trinajstić information content (AvgIpc) is 3.29. The topological polar surface area (TPSA) is 130 Å². The SMILES string of the molecule is CCCCn1c(=O)[nH]c(=O)c2[nH]c(C(Cc3ccccc3F)c3ccc(NS(=O)(=O)CC)cc3)nc21. The molecule has 0 spiro atoms. The first-order valence-corrected chi connectivity index (χ1v) is 13.4. The van der Waals surface area contributed by atoms with Crippen LogP contribution in [0.5, 0.6) is 0 Å². The van der Waals surface area contributed by atoms with Crippen molar-refractivity contribution in [2.45, 2.75) is 45.6 Å². The third-order valence-corrected chi connectivity index (χ3v) is 7.37. The van der Waals surface area contributed by atoms with Crippen molar-refractivity contribution in [1.82, 2.24) is 19.5 Å². The summed E-state index contributed by atoms with van der Waals surface area (Å²) >= 11 is 0. The fourth-order valence-electron chi connectivity index (χ4n) is 4.04. The van der Waals surface area contributed by atoms with Crippen LogP contribution in [0, 0.1) is 5.82 Å². The summed E-state index contributed by atoms with van der Waals surface area (Å²) < 4.78 is 42.4. The van der Waals surface area contributed by atoms with E-state index >= 15 is 0 Å². The van der Waals surface area contributed by atoms with E-state index in [-0.39, 0.29) is 29.2 Å². The van der Waals surface area contributed by atoms with Gasteiger partial charge in [0.1, 0.15) is 17.2 Å². The molecule has 2 aromatic heterocycles. The van der Waals surface area contributed by atoms with Gasteiger partial charge in [-0.15, -0.1) is 0 Å². The normalized spacial score (nSPS) is 12.6. The second-order valence-corrected chi connectivity index (χ2v) is 10.6. The van der Waals surface area contributed by atoms with E-state index in [4.69, 9.17) is 0 Å². The molecule has 0 saturated heterocycles. The molecule has 0 fully saturated rings. The molecule has 4 aromatic rings. The smallest absolute Gasteiger partial charge is 0.330 e. The van der Waals surface area contributed by atoms with E-state index in [9.17, 15) is 22.4 Å². The Kier molecular flexibility index (Phi) is 7.39. The van der Waals surface area contributed by atoms with Gasteiger partial charge >= 0.3 is 5.69 Å².